The molecule has 0 radical (unpaired) electrons. The van der Waals surface area contributed by atoms with E-state index in [9.17, 15) is 13.2 Å². The van der Waals surface area contributed by atoms with Crippen LogP contribution in [-0.4, -0.2) is 73.0 Å². The predicted octanol–water partition coefficient (Wildman–Crippen LogP) is 3.93. The van der Waals surface area contributed by atoms with Crippen molar-refractivity contribution in [3.8, 4) is 11.3 Å². The zero-order chi connectivity index (χ0) is 25.1. The number of nitrogens with zero attached hydrogens (tertiary/aromatic N) is 5. The number of hydrogen-bond acceptors (Lipinski definition) is 6. The fourth-order valence-corrected chi connectivity index (χ4v) is 6.40. The van der Waals surface area contributed by atoms with Crippen molar-refractivity contribution in [2.45, 2.75) is 24.2 Å². The van der Waals surface area contributed by atoms with E-state index < -0.39 is 10.0 Å². The maximum Gasteiger partial charge on any atom is 0.253 e. The Bertz CT molecular complexity index is 1320. The van der Waals surface area contributed by atoms with E-state index >= 15 is 0 Å². The highest BCUT2D eigenvalue weighted by molar-refractivity contribution is 7.89. The van der Waals surface area contributed by atoms with Crippen molar-refractivity contribution in [2.24, 2.45) is 0 Å². The Labute approximate surface area is 216 Å². The number of aromatic nitrogens is 2. The number of carbonyl (C=O) groups is 1. The fraction of sp³-hybridized carbons (Fsp3) is 0.346. The quantitative estimate of drug-likeness (QED) is 0.501. The van der Waals surface area contributed by atoms with Gasteiger partial charge in [0.2, 0.25) is 10.0 Å². The van der Waals surface area contributed by atoms with Crippen molar-refractivity contribution in [2.75, 3.05) is 44.2 Å². The first-order valence-electron chi connectivity index (χ1n) is 12.2. The molecule has 5 rings (SSSR count). The van der Waals surface area contributed by atoms with Crippen LogP contribution in [0.4, 0.5) is 5.82 Å². The van der Waals surface area contributed by atoms with Crippen LogP contribution in [0.5, 0.6) is 0 Å². The average Bonchev–Trinajstić information content (AvgIpc) is 2.94. The summed E-state index contributed by atoms with van der Waals surface area (Å²) in [6, 6.07) is 17.7. The minimum atomic E-state index is -3.51. The van der Waals surface area contributed by atoms with Crippen molar-refractivity contribution in [1.82, 2.24) is 19.4 Å². The van der Waals surface area contributed by atoms with Gasteiger partial charge in [0.15, 0.2) is 5.82 Å². The lowest BCUT2D eigenvalue weighted by molar-refractivity contribution is 0.0746. The highest BCUT2D eigenvalue weighted by Crippen LogP contribution is 2.27. The van der Waals surface area contributed by atoms with Crippen LogP contribution < -0.4 is 4.90 Å². The Kier molecular flexibility index (Phi) is 7.22. The second-order valence-corrected chi connectivity index (χ2v) is 11.4. The highest BCUT2D eigenvalue weighted by Gasteiger charge is 2.27. The monoisotopic (exact) mass is 525 g/mol. The van der Waals surface area contributed by atoms with Gasteiger partial charge in [0.05, 0.1) is 15.6 Å². The van der Waals surface area contributed by atoms with Crippen molar-refractivity contribution in [1.29, 1.82) is 0 Å². The first kappa shape index (κ1) is 24.7. The molecule has 3 aromatic rings. The second-order valence-electron chi connectivity index (χ2n) is 9.02. The van der Waals surface area contributed by atoms with Gasteiger partial charge in [-0.3, -0.25) is 4.79 Å². The molecule has 2 aliphatic rings. The van der Waals surface area contributed by atoms with Crippen LogP contribution >= 0.6 is 11.6 Å². The van der Waals surface area contributed by atoms with Crippen molar-refractivity contribution >= 4 is 33.3 Å². The molecule has 2 fully saturated rings. The molecular formula is C26H28ClN5O3S. The first-order valence-corrected chi connectivity index (χ1v) is 14.0. The van der Waals surface area contributed by atoms with Crippen molar-refractivity contribution in [3.63, 3.8) is 0 Å². The van der Waals surface area contributed by atoms with E-state index in [1.807, 2.05) is 36.4 Å². The van der Waals surface area contributed by atoms with Gasteiger partial charge in [0, 0.05) is 50.4 Å². The molecule has 10 heteroatoms. The van der Waals surface area contributed by atoms with Gasteiger partial charge in [0.1, 0.15) is 0 Å². The zero-order valence-electron chi connectivity index (χ0n) is 19.9. The average molecular weight is 526 g/mol. The molecule has 0 saturated carbocycles. The molecule has 0 unspecified atom stereocenters. The lowest BCUT2D eigenvalue weighted by Gasteiger charge is -2.35. The molecule has 0 aliphatic carbocycles. The molecule has 188 valence electrons. The van der Waals surface area contributed by atoms with Crippen LogP contribution in [0, 0.1) is 0 Å². The van der Waals surface area contributed by atoms with Crippen LogP contribution in [0.1, 0.15) is 29.6 Å². The molecule has 36 heavy (non-hydrogen) atoms. The van der Waals surface area contributed by atoms with Crippen LogP contribution in [0.25, 0.3) is 11.3 Å². The SMILES string of the molecule is O=C(c1ccc(S(=O)(=O)N2CCCCC2)cc1)N1CCN(c2ccc(-c3ccccc3Cl)nn2)CC1. The van der Waals surface area contributed by atoms with Gasteiger partial charge in [0.25, 0.3) is 5.91 Å². The number of piperazine rings is 1. The van der Waals surface area contributed by atoms with Crippen molar-refractivity contribution < 1.29 is 13.2 Å². The molecule has 0 bridgehead atoms. The zero-order valence-corrected chi connectivity index (χ0v) is 21.5. The second kappa shape index (κ2) is 10.5. The van der Waals surface area contributed by atoms with Crippen LogP contribution in [-0.2, 0) is 10.0 Å². The van der Waals surface area contributed by atoms with Gasteiger partial charge in [-0.15, -0.1) is 10.2 Å². The Balaban J connectivity index is 1.20. The summed E-state index contributed by atoms with van der Waals surface area (Å²) in [6.07, 6.45) is 2.84. The molecule has 2 saturated heterocycles. The summed E-state index contributed by atoms with van der Waals surface area (Å²) in [5.74, 6) is 0.655. The van der Waals surface area contributed by atoms with Crippen LogP contribution in [0.3, 0.4) is 0 Å². The van der Waals surface area contributed by atoms with Gasteiger partial charge in [-0.05, 0) is 55.3 Å². The number of rotatable bonds is 5. The number of carbonyl (C=O) groups excluding carboxylic acids is 1. The predicted molar refractivity (Wildman–Crippen MR) is 140 cm³/mol. The third-order valence-corrected chi connectivity index (χ3v) is 8.99. The van der Waals surface area contributed by atoms with Gasteiger partial charge in [-0.25, -0.2) is 8.42 Å². The number of halogens is 1. The molecule has 0 N–H and O–H groups in total. The first-order chi connectivity index (χ1) is 17.4. The van der Waals surface area contributed by atoms with Gasteiger partial charge < -0.3 is 9.80 Å². The number of benzene rings is 2. The molecular weight excluding hydrogens is 498 g/mol. The van der Waals surface area contributed by atoms with E-state index in [-0.39, 0.29) is 10.8 Å². The number of anilines is 1. The molecule has 2 aliphatic heterocycles. The smallest absolute Gasteiger partial charge is 0.253 e. The maximum atomic E-state index is 13.0. The minimum Gasteiger partial charge on any atom is -0.352 e. The van der Waals surface area contributed by atoms with Gasteiger partial charge >= 0.3 is 0 Å². The lowest BCUT2D eigenvalue weighted by atomic mass is 10.1. The fourth-order valence-electron chi connectivity index (χ4n) is 4.65. The Morgan fingerprint density at radius 1 is 0.778 bits per heavy atom. The molecule has 3 heterocycles. The third-order valence-electron chi connectivity index (χ3n) is 6.75. The Morgan fingerprint density at radius 2 is 1.47 bits per heavy atom. The van der Waals surface area contributed by atoms with E-state index in [0.717, 1.165) is 30.6 Å². The van der Waals surface area contributed by atoms with Crippen LogP contribution in [0.15, 0.2) is 65.6 Å². The van der Waals surface area contributed by atoms with E-state index in [1.54, 1.807) is 29.2 Å². The number of sulfonamides is 1. The van der Waals surface area contributed by atoms with Gasteiger partial charge in [-0.1, -0.05) is 36.2 Å². The topological polar surface area (TPSA) is 86.7 Å². The van der Waals surface area contributed by atoms with Crippen molar-refractivity contribution in [3.05, 3.63) is 71.2 Å². The molecule has 1 aromatic heterocycles. The summed E-state index contributed by atoms with van der Waals surface area (Å²) < 4.78 is 27.3. The highest BCUT2D eigenvalue weighted by atomic mass is 35.5. The van der Waals surface area contributed by atoms with E-state index in [0.29, 0.717) is 55.5 Å². The molecule has 8 nitrogen and oxygen atoms in total. The standard InChI is InChI=1S/C26H28ClN5O3S/c27-23-7-3-2-6-22(23)24-12-13-25(29-28-24)30-16-18-31(19-17-30)26(33)20-8-10-21(11-9-20)36(34,35)32-14-4-1-5-15-32/h2-3,6-13H,1,4-5,14-19H2. The largest absolute Gasteiger partial charge is 0.352 e. The lowest BCUT2D eigenvalue weighted by Crippen LogP contribution is -2.49. The number of hydrogen-bond donors (Lipinski definition) is 0. The molecule has 0 atom stereocenters. The Morgan fingerprint density at radius 3 is 2.11 bits per heavy atom. The molecule has 0 spiro atoms. The van der Waals surface area contributed by atoms with E-state index in [2.05, 4.69) is 15.1 Å². The molecule has 2 aromatic carbocycles. The number of amides is 1. The Hall–Kier alpha value is -3.01. The summed E-state index contributed by atoms with van der Waals surface area (Å²) in [6.45, 7) is 3.46. The summed E-state index contributed by atoms with van der Waals surface area (Å²) in [4.78, 5) is 17.2. The van der Waals surface area contributed by atoms with Crippen LogP contribution in [0.2, 0.25) is 5.02 Å². The summed E-state index contributed by atoms with van der Waals surface area (Å²) in [5.41, 5.74) is 2.04. The molecule has 1 amide bonds. The number of piperidine rings is 1. The minimum absolute atomic E-state index is 0.100. The third kappa shape index (κ3) is 5.09. The summed E-state index contributed by atoms with van der Waals surface area (Å²) in [5, 5.41) is 9.34. The van der Waals surface area contributed by atoms with Gasteiger partial charge in [-0.2, -0.15) is 4.31 Å². The maximum absolute atomic E-state index is 13.0. The van der Waals surface area contributed by atoms with E-state index in [4.69, 9.17) is 11.6 Å². The normalized spacial score (nSPS) is 17.2. The summed E-state index contributed by atoms with van der Waals surface area (Å²) >= 11 is 6.26. The summed E-state index contributed by atoms with van der Waals surface area (Å²) in [7, 11) is -3.51. The van der Waals surface area contributed by atoms with E-state index in [1.165, 1.54) is 4.31 Å².